The average Bonchev–Trinajstić information content (AvgIpc) is 2.60. The summed E-state index contributed by atoms with van der Waals surface area (Å²) < 4.78 is 11.6. The molecule has 0 aromatic heterocycles. The SMILES string of the molecule is CC.COC1CC(OC2CCC(N(C)C3CCNCC3)CC2)C1. The summed E-state index contributed by atoms with van der Waals surface area (Å²) >= 11 is 0. The summed E-state index contributed by atoms with van der Waals surface area (Å²) in [5.74, 6) is 0. The summed E-state index contributed by atoms with van der Waals surface area (Å²) in [6, 6.07) is 1.57. The molecule has 3 rings (SSSR count). The summed E-state index contributed by atoms with van der Waals surface area (Å²) in [7, 11) is 4.15. The summed E-state index contributed by atoms with van der Waals surface area (Å²) in [6.45, 7) is 6.38. The molecule has 1 heterocycles. The predicted octanol–water partition coefficient (Wildman–Crippen LogP) is 3.20. The predicted molar refractivity (Wildman–Crippen MR) is 96.0 cm³/mol. The van der Waals surface area contributed by atoms with Crippen molar-refractivity contribution >= 4 is 0 Å². The second-order valence-corrected chi connectivity index (χ2v) is 7.16. The molecule has 2 saturated carbocycles. The van der Waals surface area contributed by atoms with Gasteiger partial charge in [-0.25, -0.2) is 0 Å². The van der Waals surface area contributed by atoms with Crippen LogP contribution in [0.25, 0.3) is 0 Å². The van der Waals surface area contributed by atoms with E-state index in [9.17, 15) is 0 Å². The normalized spacial score (nSPS) is 35.3. The van der Waals surface area contributed by atoms with Crippen molar-refractivity contribution < 1.29 is 9.47 Å². The summed E-state index contributed by atoms with van der Waals surface area (Å²) in [6.07, 6.45) is 11.4. The van der Waals surface area contributed by atoms with Crippen molar-refractivity contribution in [1.82, 2.24) is 10.2 Å². The molecular weight excluding hydrogens is 288 g/mol. The summed E-state index contributed by atoms with van der Waals surface area (Å²) in [4.78, 5) is 2.67. The zero-order valence-corrected chi connectivity index (χ0v) is 15.7. The molecule has 2 aliphatic carbocycles. The van der Waals surface area contributed by atoms with Gasteiger partial charge in [0.15, 0.2) is 0 Å². The van der Waals surface area contributed by atoms with E-state index < -0.39 is 0 Å². The van der Waals surface area contributed by atoms with Gasteiger partial charge in [-0.2, -0.15) is 0 Å². The number of hydrogen-bond donors (Lipinski definition) is 1. The van der Waals surface area contributed by atoms with Crippen molar-refractivity contribution in [3.8, 4) is 0 Å². The fourth-order valence-corrected chi connectivity index (χ4v) is 4.19. The first-order chi connectivity index (χ1) is 11.3. The molecule has 3 aliphatic rings. The van der Waals surface area contributed by atoms with Gasteiger partial charge in [-0.05, 0) is 71.5 Å². The van der Waals surface area contributed by atoms with Crippen molar-refractivity contribution in [2.45, 2.75) is 95.6 Å². The van der Waals surface area contributed by atoms with E-state index in [4.69, 9.17) is 9.47 Å². The maximum absolute atomic E-state index is 6.22. The van der Waals surface area contributed by atoms with Gasteiger partial charge in [-0.15, -0.1) is 0 Å². The quantitative estimate of drug-likeness (QED) is 0.841. The third-order valence-electron chi connectivity index (χ3n) is 5.87. The van der Waals surface area contributed by atoms with E-state index >= 15 is 0 Å². The van der Waals surface area contributed by atoms with Crippen LogP contribution in [0.4, 0.5) is 0 Å². The van der Waals surface area contributed by atoms with Gasteiger partial charge in [0.05, 0.1) is 18.3 Å². The van der Waals surface area contributed by atoms with Gasteiger partial charge in [0.2, 0.25) is 0 Å². The minimum atomic E-state index is 0.456. The van der Waals surface area contributed by atoms with E-state index in [1.165, 1.54) is 51.6 Å². The van der Waals surface area contributed by atoms with Crippen LogP contribution in [0.2, 0.25) is 0 Å². The van der Waals surface area contributed by atoms with Crippen molar-refractivity contribution in [1.29, 1.82) is 0 Å². The Hall–Kier alpha value is -0.160. The molecule has 23 heavy (non-hydrogen) atoms. The lowest BCUT2D eigenvalue weighted by atomic mass is 9.88. The van der Waals surface area contributed by atoms with Crippen LogP contribution < -0.4 is 5.32 Å². The molecule has 3 fully saturated rings. The zero-order valence-electron chi connectivity index (χ0n) is 15.7. The van der Waals surface area contributed by atoms with Crippen LogP contribution in [0.1, 0.15) is 65.2 Å². The van der Waals surface area contributed by atoms with E-state index in [1.54, 1.807) is 0 Å². The van der Waals surface area contributed by atoms with Crippen LogP contribution in [0, 0.1) is 0 Å². The third-order valence-corrected chi connectivity index (χ3v) is 5.87. The topological polar surface area (TPSA) is 33.7 Å². The fourth-order valence-electron chi connectivity index (χ4n) is 4.19. The van der Waals surface area contributed by atoms with Gasteiger partial charge in [0.25, 0.3) is 0 Å². The highest BCUT2D eigenvalue weighted by Crippen LogP contribution is 2.32. The van der Waals surface area contributed by atoms with Gasteiger partial charge >= 0.3 is 0 Å². The van der Waals surface area contributed by atoms with E-state index in [0.29, 0.717) is 18.3 Å². The van der Waals surface area contributed by atoms with Crippen molar-refractivity contribution in [2.75, 3.05) is 27.2 Å². The molecular formula is C19H38N2O2. The molecule has 0 aromatic rings. The molecule has 0 unspecified atom stereocenters. The van der Waals surface area contributed by atoms with E-state index in [0.717, 1.165) is 24.9 Å². The Balaban J connectivity index is 0.000000924. The smallest absolute Gasteiger partial charge is 0.0628 e. The van der Waals surface area contributed by atoms with Crippen LogP contribution in [0.5, 0.6) is 0 Å². The molecule has 0 radical (unpaired) electrons. The number of nitrogens with zero attached hydrogens (tertiary/aromatic N) is 1. The zero-order chi connectivity index (χ0) is 16.7. The molecule has 0 aromatic carbocycles. The first-order valence-electron chi connectivity index (χ1n) is 9.87. The second-order valence-electron chi connectivity index (χ2n) is 7.16. The molecule has 1 aliphatic heterocycles. The monoisotopic (exact) mass is 326 g/mol. The van der Waals surface area contributed by atoms with Crippen LogP contribution in [0.3, 0.4) is 0 Å². The highest BCUT2D eigenvalue weighted by molar-refractivity contribution is 4.87. The molecule has 0 amide bonds. The van der Waals surface area contributed by atoms with Gasteiger partial charge in [-0.3, -0.25) is 0 Å². The van der Waals surface area contributed by atoms with E-state index in [1.807, 2.05) is 21.0 Å². The van der Waals surface area contributed by atoms with Crippen LogP contribution in [0.15, 0.2) is 0 Å². The Morgan fingerprint density at radius 3 is 1.91 bits per heavy atom. The molecule has 4 heteroatoms. The summed E-state index contributed by atoms with van der Waals surface area (Å²) in [5.41, 5.74) is 0. The standard InChI is InChI=1S/C17H32N2O2.C2H6/c1-19(14-7-9-18-10-8-14)13-3-5-15(6-4-13)21-17-11-16(12-17)20-2;1-2/h13-18H,3-12H2,1-2H3;1-2H3. The van der Waals surface area contributed by atoms with Crippen LogP contribution in [-0.4, -0.2) is 62.5 Å². The van der Waals surface area contributed by atoms with E-state index in [-0.39, 0.29) is 0 Å². The minimum absolute atomic E-state index is 0.456. The maximum atomic E-state index is 6.22. The number of piperidine rings is 1. The summed E-state index contributed by atoms with van der Waals surface area (Å²) in [5, 5.41) is 3.47. The number of rotatable bonds is 5. The van der Waals surface area contributed by atoms with Gasteiger partial charge in [0, 0.05) is 19.2 Å². The van der Waals surface area contributed by atoms with Crippen molar-refractivity contribution in [3.05, 3.63) is 0 Å². The number of nitrogens with one attached hydrogen (secondary N) is 1. The largest absolute Gasteiger partial charge is 0.381 e. The lowest BCUT2D eigenvalue weighted by Crippen LogP contribution is -2.48. The number of methoxy groups -OCH3 is 1. The molecule has 0 spiro atoms. The van der Waals surface area contributed by atoms with Crippen molar-refractivity contribution in [3.63, 3.8) is 0 Å². The molecule has 4 nitrogen and oxygen atoms in total. The number of hydrogen-bond acceptors (Lipinski definition) is 4. The van der Waals surface area contributed by atoms with Gasteiger partial charge in [-0.1, -0.05) is 13.8 Å². The number of ether oxygens (including phenoxy) is 2. The maximum Gasteiger partial charge on any atom is 0.0628 e. The molecule has 0 bridgehead atoms. The first kappa shape index (κ1) is 19.2. The Morgan fingerprint density at radius 2 is 1.35 bits per heavy atom. The molecule has 1 N–H and O–H groups in total. The fraction of sp³-hybridized carbons (Fsp3) is 1.00. The Bertz CT molecular complexity index is 306. The lowest BCUT2D eigenvalue weighted by molar-refractivity contribution is -0.126. The molecule has 136 valence electrons. The highest BCUT2D eigenvalue weighted by Gasteiger charge is 2.34. The Kier molecular flexibility index (Phi) is 8.31. The van der Waals surface area contributed by atoms with E-state index in [2.05, 4.69) is 17.3 Å². The second kappa shape index (κ2) is 9.97. The molecule has 0 atom stereocenters. The third kappa shape index (κ3) is 5.42. The highest BCUT2D eigenvalue weighted by atomic mass is 16.5. The average molecular weight is 327 g/mol. The Morgan fingerprint density at radius 1 is 0.783 bits per heavy atom. The Labute approximate surface area is 143 Å². The minimum Gasteiger partial charge on any atom is -0.381 e. The van der Waals surface area contributed by atoms with Gasteiger partial charge < -0.3 is 19.7 Å². The van der Waals surface area contributed by atoms with Crippen LogP contribution >= 0.6 is 0 Å². The van der Waals surface area contributed by atoms with Gasteiger partial charge in [0.1, 0.15) is 0 Å². The van der Waals surface area contributed by atoms with Crippen molar-refractivity contribution in [2.24, 2.45) is 0 Å². The lowest BCUT2D eigenvalue weighted by Gasteiger charge is -2.42. The first-order valence-corrected chi connectivity index (χ1v) is 9.87. The molecule has 1 saturated heterocycles. The van der Waals surface area contributed by atoms with Crippen LogP contribution in [-0.2, 0) is 9.47 Å².